The van der Waals surface area contributed by atoms with Gasteiger partial charge in [-0.1, -0.05) is 20.3 Å². The lowest BCUT2D eigenvalue weighted by Gasteiger charge is -2.26. The first-order valence-corrected chi connectivity index (χ1v) is 12.6. The minimum Gasteiger partial charge on any atom is -0.480 e. The summed E-state index contributed by atoms with van der Waals surface area (Å²) in [5.41, 5.74) is 22.4. The van der Waals surface area contributed by atoms with Crippen molar-refractivity contribution in [1.82, 2.24) is 25.9 Å². The van der Waals surface area contributed by atoms with Gasteiger partial charge < -0.3 is 49.0 Å². The average molecular weight is 553 g/mol. The van der Waals surface area contributed by atoms with Crippen LogP contribution in [0.4, 0.5) is 0 Å². The highest BCUT2D eigenvalue weighted by Crippen LogP contribution is 2.10. The smallest absolute Gasteiger partial charge is 0.326 e. The topological polar surface area (TPSA) is 287 Å². The van der Waals surface area contributed by atoms with Gasteiger partial charge in [-0.25, -0.2) is 9.78 Å². The fraction of sp³-hybridized carbons (Fsp3) is 0.609. The van der Waals surface area contributed by atoms with Crippen LogP contribution in [0.1, 0.15) is 51.6 Å². The largest absolute Gasteiger partial charge is 0.480 e. The molecule has 0 aliphatic rings. The Bertz CT molecular complexity index is 996. The number of nitrogens with two attached hydrogens (primary N) is 4. The summed E-state index contributed by atoms with van der Waals surface area (Å²) in [5.74, 6) is -4.65. The number of aliphatic imine (C=N–C) groups is 1. The highest BCUT2D eigenvalue weighted by atomic mass is 16.4. The van der Waals surface area contributed by atoms with E-state index in [2.05, 4.69) is 30.9 Å². The van der Waals surface area contributed by atoms with E-state index in [0.717, 1.165) is 0 Å². The summed E-state index contributed by atoms with van der Waals surface area (Å²) in [6.07, 6.45) is 3.46. The molecule has 0 aromatic carbocycles. The summed E-state index contributed by atoms with van der Waals surface area (Å²) in [5, 5.41) is 17.1. The van der Waals surface area contributed by atoms with Crippen LogP contribution < -0.4 is 38.9 Å². The standard InChI is InChI=1S/C23H40N10O6/c1-3-12(2)18(22(38)39)33-21(37)15(5-4-8-29-23(26)27)32-20(36)16(6-7-17(25)34)31-19(35)14(24)9-13-10-28-11-30-13/h10-12,14-16,18H,3-9,24H2,1-2H3,(H2,25,34)(H,28,30)(H,31,35)(H,32,36)(H,33,37)(H,38,39)(H4,26,27,29). The third kappa shape index (κ3) is 12.3. The number of aromatic nitrogens is 2. The van der Waals surface area contributed by atoms with Crippen LogP contribution in [0.15, 0.2) is 17.5 Å². The van der Waals surface area contributed by atoms with Crippen LogP contribution in [0.2, 0.25) is 0 Å². The summed E-state index contributed by atoms with van der Waals surface area (Å²) < 4.78 is 0. The number of nitrogens with zero attached hydrogens (tertiary/aromatic N) is 2. The summed E-state index contributed by atoms with van der Waals surface area (Å²) in [6.45, 7) is 3.61. The first-order valence-electron chi connectivity index (χ1n) is 12.6. The summed E-state index contributed by atoms with van der Waals surface area (Å²) in [4.78, 5) is 72.6. The maximum Gasteiger partial charge on any atom is 0.326 e. The zero-order chi connectivity index (χ0) is 29.5. The second-order valence-electron chi connectivity index (χ2n) is 9.17. The van der Waals surface area contributed by atoms with Crippen LogP contribution in [0.3, 0.4) is 0 Å². The van der Waals surface area contributed by atoms with E-state index in [-0.39, 0.29) is 50.5 Å². The van der Waals surface area contributed by atoms with Gasteiger partial charge in [0.1, 0.15) is 18.1 Å². The number of carboxylic acids is 1. The summed E-state index contributed by atoms with van der Waals surface area (Å²) in [6, 6.07) is -4.68. The van der Waals surface area contributed by atoms with Crippen molar-refractivity contribution in [2.24, 2.45) is 33.8 Å². The molecule has 0 radical (unpaired) electrons. The molecule has 16 heteroatoms. The Balaban J connectivity index is 3.06. The Morgan fingerprint density at radius 1 is 1.03 bits per heavy atom. The van der Waals surface area contributed by atoms with Gasteiger partial charge >= 0.3 is 5.97 Å². The van der Waals surface area contributed by atoms with Crippen molar-refractivity contribution < 1.29 is 29.1 Å². The third-order valence-corrected chi connectivity index (χ3v) is 6.00. The van der Waals surface area contributed by atoms with E-state index in [1.807, 2.05) is 0 Å². The van der Waals surface area contributed by atoms with Gasteiger partial charge in [0.25, 0.3) is 0 Å². The number of guanidine groups is 1. The molecule has 5 unspecified atom stereocenters. The van der Waals surface area contributed by atoms with Crippen LogP contribution in [-0.2, 0) is 30.4 Å². The second kappa shape index (κ2) is 16.6. The zero-order valence-electron chi connectivity index (χ0n) is 22.2. The zero-order valence-corrected chi connectivity index (χ0v) is 22.2. The molecule has 16 nitrogen and oxygen atoms in total. The van der Waals surface area contributed by atoms with E-state index in [1.165, 1.54) is 12.5 Å². The molecule has 0 bridgehead atoms. The molecule has 0 saturated carbocycles. The van der Waals surface area contributed by atoms with Crippen LogP contribution in [0.25, 0.3) is 0 Å². The van der Waals surface area contributed by atoms with Crippen molar-refractivity contribution in [2.75, 3.05) is 6.54 Å². The fourth-order valence-corrected chi connectivity index (χ4v) is 3.54. The normalized spacial score (nSPS) is 14.6. The molecule has 1 aromatic heterocycles. The molecule has 0 saturated heterocycles. The van der Waals surface area contributed by atoms with Gasteiger partial charge in [0.15, 0.2) is 5.96 Å². The van der Waals surface area contributed by atoms with E-state index in [1.54, 1.807) is 13.8 Å². The van der Waals surface area contributed by atoms with E-state index < -0.39 is 53.8 Å². The Labute approximate surface area is 226 Å². The minimum atomic E-state index is -1.25. The first-order chi connectivity index (χ1) is 18.3. The molecule has 4 amide bonds. The molecule has 39 heavy (non-hydrogen) atoms. The first kappa shape index (κ1) is 32.8. The number of aromatic amines is 1. The van der Waals surface area contributed by atoms with Crippen molar-refractivity contribution in [2.45, 2.75) is 76.5 Å². The van der Waals surface area contributed by atoms with Crippen molar-refractivity contribution in [3.63, 3.8) is 0 Å². The number of H-pyrrole nitrogens is 1. The molecule has 13 N–H and O–H groups in total. The lowest BCUT2D eigenvalue weighted by molar-refractivity contribution is -0.144. The maximum atomic E-state index is 13.2. The van der Waals surface area contributed by atoms with Crippen LogP contribution in [-0.4, -0.2) is 81.3 Å². The van der Waals surface area contributed by atoms with Crippen LogP contribution in [0, 0.1) is 5.92 Å². The van der Waals surface area contributed by atoms with E-state index in [9.17, 15) is 29.1 Å². The predicted octanol–water partition coefficient (Wildman–Crippen LogP) is -2.82. The van der Waals surface area contributed by atoms with E-state index in [4.69, 9.17) is 22.9 Å². The van der Waals surface area contributed by atoms with Crippen molar-refractivity contribution in [1.29, 1.82) is 0 Å². The highest BCUT2D eigenvalue weighted by molar-refractivity contribution is 5.94. The number of amides is 4. The molecule has 0 aliphatic carbocycles. The average Bonchev–Trinajstić information content (AvgIpc) is 3.38. The molecule has 1 rings (SSSR count). The van der Waals surface area contributed by atoms with Gasteiger partial charge in [0.2, 0.25) is 23.6 Å². The lowest BCUT2D eigenvalue weighted by atomic mass is 9.98. The number of primary amides is 1. The Kier molecular flexibility index (Phi) is 14.0. The van der Waals surface area contributed by atoms with Gasteiger partial charge in [-0.3, -0.25) is 24.2 Å². The molecule has 0 aliphatic heterocycles. The summed E-state index contributed by atoms with van der Waals surface area (Å²) in [7, 11) is 0. The number of imidazole rings is 1. The minimum absolute atomic E-state index is 0.0526. The number of nitrogens with one attached hydrogen (secondary N) is 4. The number of hydrogen-bond donors (Lipinski definition) is 9. The third-order valence-electron chi connectivity index (χ3n) is 6.00. The number of carbonyl (C=O) groups is 5. The quantitative estimate of drug-likeness (QED) is 0.0511. The summed E-state index contributed by atoms with van der Waals surface area (Å²) >= 11 is 0. The molecule has 1 aromatic rings. The number of carbonyl (C=O) groups excluding carboxylic acids is 4. The number of carboxylic acid groups (broad SMARTS) is 1. The SMILES string of the molecule is CCC(C)C(NC(=O)C(CCCN=C(N)N)NC(=O)C(CCC(N)=O)NC(=O)C(N)Cc1cnc[nH]1)C(=O)O. The Hall–Kier alpha value is -4.21. The molecule has 0 fully saturated rings. The fourth-order valence-electron chi connectivity index (χ4n) is 3.54. The van der Waals surface area contributed by atoms with Crippen molar-refractivity contribution >= 4 is 35.6 Å². The highest BCUT2D eigenvalue weighted by Gasteiger charge is 2.32. The van der Waals surface area contributed by atoms with Gasteiger partial charge in [-0.15, -0.1) is 0 Å². The Morgan fingerprint density at radius 3 is 2.18 bits per heavy atom. The van der Waals surface area contributed by atoms with Gasteiger partial charge in [-0.05, 0) is 25.2 Å². The molecular formula is C23H40N10O6. The van der Waals surface area contributed by atoms with Crippen LogP contribution in [0.5, 0.6) is 0 Å². The van der Waals surface area contributed by atoms with E-state index >= 15 is 0 Å². The predicted molar refractivity (Wildman–Crippen MR) is 141 cm³/mol. The Morgan fingerprint density at radius 2 is 1.64 bits per heavy atom. The number of hydrogen-bond acceptors (Lipinski definition) is 8. The van der Waals surface area contributed by atoms with Gasteiger partial charge in [-0.2, -0.15) is 0 Å². The van der Waals surface area contributed by atoms with Crippen molar-refractivity contribution in [3.8, 4) is 0 Å². The van der Waals surface area contributed by atoms with Crippen molar-refractivity contribution in [3.05, 3.63) is 18.2 Å². The van der Waals surface area contributed by atoms with Crippen LogP contribution >= 0.6 is 0 Å². The monoisotopic (exact) mass is 552 g/mol. The maximum absolute atomic E-state index is 13.2. The number of rotatable bonds is 18. The molecular weight excluding hydrogens is 512 g/mol. The van der Waals surface area contributed by atoms with E-state index in [0.29, 0.717) is 12.1 Å². The second-order valence-corrected chi connectivity index (χ2v) is 9.17. The van der Waals surface area contributed by atoms with Gasteiger partial charge in [0.05, 0.1) is 12.4 Å². The molecule has 5 atom stereocenters. The van der Waals surface area contributed by atoms with Gasteiger partial charge in [0, 0.05) is 31.3 Å². The molecule has 218 valence electrons. The molecule has 1 heterocycles. The molecule has 0 spiro atoms. The lowest BCUT2D eigenvalue weighted by Crippen LogP contribution is -2.58. The number of aliphatic carboxylic acids is 1.